The summed E-state index contributed by atoms with van der Waals surface area (Å²) in [5, 5.41) is 9.21. The topological polar surface area (TPSA) is 55.8 Å². The van der Waals surface area contributed by atoms with E-state index >= 15 is 0 Å². The van der Waals surface area contributed by atoms with Crippen molar-refractivity contribution in [3.05, 3.63) is 58.6 Å². The molecular weight excluding hydrogens is 280 g/mol. The highest BCUT2D eigenvalue weighted by atomic mass is 35.5. The Morgan fingerprint density at radius 1 is 1.15 bits per heavy atom. The summed E-state index contributed by atoms with van der Waals surface area (Å²) in [5.74, 6) is 0.371. The molecule has 0 unspecified atom stereocenters. The van der Waals surface area contributed by atoms with Crippen LogP contribution in [0.4, 0.5) is 0 Å². The Bertz CT molecular complexity index is 608. The number of hydrogen-bond donors (Lipinski definition) is 1. The van der Waals surface area contributed by atoms with Crippen LogP contribution in [0.1, 0.15) is 15.9 Å². The highest BCUT2D eigenvalue weighted by Crippen LogP contribution is 2.21. The standard InChI is InChI=1S/C15H13ClO4/c1-19-11-3-5-12(6-4-11)20-9-10-2-7-14(16)13(8-10)15(17)18/h2-8H,9H2,1H3,(H,17,18). The molecule has 0 aliphatic rings. The van der Waals surface area contributed by atoms with E-state index in [9.17, 15) is 4.79 Å². The molecular formula is C15H13ClO4. The van der Waals surface area contributed by atoms with Gasteiger partial charge in [-0.15, -0.1) is 0 Å². The first-order valence-corrected chi connectivity index (χ1v) is 6.26. The van der Waals surface area contributed by atoms with Gasteiger partial charge in [0.2, 0.25) is 0 Å². The largest absolute Gasteiger partial charge is 0.497 e. The number of methoxy groups -OCH3 is 1. The Balaban J connectivity index is 2.06. The number of halogens is 1. The second kappa shape index (κ2) is 6.30. The lowest BCUT2D eigenvalue weighted by Gasteiger charge is -2.08. The summed E-state index contributed by atoms with van der Waals surface area (Å²) in [5.41, 5.74) is 0.810. The van der Waals surface area contributed by atoms with Crippen LogP contribution in [-0.4, -0.2) is 18.2 Å². The van der Waals surface area contributed by atoms with E-state index < -0.39 is 5.97 Å². The van der Waals surface area contributed by atoms with Crippen molar-refractivity contribution in [1.82, 2.24) is 0 Å². The van der Waals surface area contributed by atoms with E-state index in [0.717, 1.165) is 11.3 Å². The zero-order valence-corrected chi connectivity index (χ0v) is 11.6. The minimum Gasteiger partial charge on any atom is -0.497 e. The first kappa shape index (κ1) is 14.2. The van der Waals surface area contributed by atoms with Gasteiger partial charge < -0.3 is 14.6 Å². The number of rotatable bonds is 5. The van der Waals surface area contributed by atoms with Crippen LogP contribution >= 0.6 is 11.6 Å². The molecule has 2 aromatic carbocycles. The van der Waals surface area contributed by atoms with E-state index in [1.807, 2.05) is 0 Å². The number of aromatic carboxylic acids is 1. The van der Waals surface area contributed by atoms with Gasteiger partial charge in [-0.05, 0) is 42.0 Å². The van der Waals surface area contributed by atoms with Crippen molar-refractivity contribution in [1.29, 1.82) is 0 Å². The molecule has 0 heterocycles. The molecule has 5 heteroatoms. The third-order valence-electron chi connectivity index (χ3n) is 2.73. The van der Waals surface area contributed by atoms with Crippen LogP contribution < -0.4 is 9.47 Å². The Hall–Kier alpha value is -2.20. The number of benzene rings is 2. The summed E-state index contributed by atoms with van der Waals surface area (Å²) >= 11 is 5.81. The van der Waals surface area contributed by atoms with Gasteiger partial charge in [-0.3, -0.25) is 0 Å². The van der Waals surface area contributed by atoms with Crippen molar-refractivity contribution in [3.8, 4) is 11.5 Å². The molecule has 1 N–H and O–H groups in total. The van der Waals surface area contributed by atoms with E-state index in [2.05, 4.69) is 0 Å². The van der Waals surface area contributed by atoms with E-state index in [1.165, 1.54) is 6.07 Å². The second-order valence-electron chi connectivity index (χ2n) is 4.08. The maximum atomic E-state index is 11.0. The SMILES string of the molecule is COc1ccc(OCc2ccc(Cl)c(C(=O)O)c2)cc1. The normalized spacial score (nSPS) is 10.1. The zero-order valence-electron chi connectivity index (χ0n) is 10.8. The highest BCUT2D eigenvalue weighted by Gasteiger charge is 2.09. The van der Waals surface area contributed by atoms with E-state index in [-0.39, 0.29) is 17.2 Å². The minimum atomic E-state index is -1.05. The van der Waals surface area contributed by atoms with Crippen LogP contribution in [0.5, 0.6) is 11.5 Å². The van der Waals surface area contributed by atoms with Crippen molar-refractivity contribution in [2.75, 3.05) is 7.11 Å². The maximum Gasteiger partial charge on any atom is 0.337 e. The summed E-state index contributed by atoms with van der Waals surface area (Å²) in [6.07, 6.45) is 0. The average Bonchev–Trinajstić information content (AvgIpc) is 2.46. The minimum absolute atomic E-state index is 0.0718. The van der Waals surface area contributed by atoms with Gasteiger partial charge in [-0.25, -0.2) is 4.79 Å². The van der Waals surface area contributed by atoms with Crippen LogP contribution in [0.2, 0.25) is 5.02 Å². The predicted molar refractivity (Wildman–Crippen MR) is 75.7 cm³/mol. The van der Waals surface area contributed by atoms with Crippen LogP contribution in [0.25, 0.3) is 0 Å². The third-order valence-corrected chi connectivity index (χ3v) is 3.06. The van der Waals surface area contributed by atoms with E-state index in [4.69, 9.17) is 26.2 Å². The molecule has 0 saturated heterocycles. The number of hydrogen-bond acceptors (Lipinski definition) is 3. The fourth-order valence-electron chi connectivity index (χ4n) is 1.66. The third kappa shape index (κ3) is 3.42. The summed E-state index contributed by atoms with van der Waals surface area (Å²) in [4.78, 5) is 11.0. The molecule has 0 aromatic heterocycles. The Labute approximate surface area is 121 Å². The number of carboxylic acids is 1. The van der Waals surface area contributed by atoms with Crippen LogP contribution in [0.15, 0.2) is 42.5 Å². The molecule has 2 aromatic rings. The van der Waals surface area contributed by atoms with E-state index in [1.54, 1.807) is 43.5 Å². The van der Waals surface area contributed by atoms with Crippen LogP contribution in [-0.2, 0) is 6.61 Å². The summed E-state index contributed by atoms with van der Waals surface area (Å²) in [6.45, 7) is 0.268. The lowest BCUT2D eigenvalue weighted by atomic mass is 10.1. The highest BCUT2D eigenvalue weighted by molar-refractivity contribution is 6.33. The molecule has 0 radical (unpaired) electrons. The Morgan fingerprint density at radius 2 is 1.80 bits per heavy atom. The van der Waals surface area contributed by atoms with Gasteiger partial charge in [0, 0.05) is 0 Å². The molecule has 104 valence electrons. The monoisotopic (exact) mass is 292 g/mol. The molecule has 0 amide bonds. The quantitative estimate of drug-likeness (QED) is 0.914. The van der Waals surface area contributed by atoms with Crippen LogP contribution in [0, 0.1) is 0 Å². The fourth-order valence-corrected chi connectivity index (χ4v) is 1.86. The van der Waals surface area contributed by atoms with Crippen molar-refractivity contribution < 1.29 is 19.4 Å². The number of carboxylic acid groups (broad SMARTS) is 1. The van der Waals surface area contributed by atoms with Gasteiger partial charge in [0.05, 0.1) is 17.7 Å². The van der Waals surface area contributed by atoms with Gasteiger partial charge in [0.25, 0.3) is 0 Å². The molecule has 0 aliphatic heterocycles. The molecule has 20 heavy (non-hydrogen) atoms. The lowest BCUT2D eigenvalue weighted by molar-refractivity contribution is 0.0697. The maximum absolute atomic E-state index is 11.0. The molecule has 2 rings (SSSR count). The van der Waals surface area contributed by atoms with Gasteiger partial charge >= 0.3 is 5.97 Å². The molecule has 0 atom stereocenters. The molecule has 0 spiro atoms. The van der Waals surface area contributed by atoms with Crippen LogP contribution in [0.3, 0.4) is 0 Å². The van der Waals surface area contributed by atoms with Gasteiger partial charge in [0.1, 0.15) is 18.1 Å². The molecule has 0 bridgehead atoms. The summed E-state index contributed by atoms with van der Waals surface area (Å²) in [7, 11) is 1.59. The second-order valence-corrected chi connectivity index (χ2v) is 4.49. The van der Waals surface area contributed by atoms with Gasteiger partial charge in [0.15, 0.2) is 0 Å². The van der Waals surface area contributed by atoms with Crippen molar-refractivity contribution in [2.24, 2.45) is 0 Å². The molecule has 0 fully saturated rings. The average molecular weight is 293 g/mol. The number of ether oxygens (including phenoxy) is 2. The predicted octanol–water partition coefficient (Wildman–Crippen LogP) is 3.63. The van der Waals surface area contributed by atoms with Crippen molar-refractivity contribution >= 4 is 17.6 Å². The van der Waals surface area contributed by atoms with Crippen molar-refractivity contribution in [2.45, 2.75) is 6.61 Å². The lowest BCUT2D eigenvalue weighted by Crippen LogP contribution is -2.01. The first-order valence-electron chi connectivity index (χ1n) is 5.88. The summed E-state index contributed by atoms with van der Waals surface area (Å²) < 4.78 is 10.6. The Kier molecular flexibility index (Phi) is 4.48. The van der Waals surface area contributed by atoms with Gasteiger partial charge in [-0.1, -0.05) is 17.7 Å². The molecule has 0 saturated carbocycles. The molecule has 0 aliphatic carbocycles. The smallest absolute Gasteiger partial charge is 0.337 e. The fraction of sp³-hybridized carbons (Fsp3) is 0.133. The Morgan fingerprint density at radius 3 is 2.40 bits per heavy atom. The van der Waals surface area contributed by atoms with Crippen molar-refractivity contribution in [3.63, 3.8) is 0 Å². The molecule has 4 nitrogen and oxygen atoms in total. The summed E-state index contributed by atoms with van der Waals surface area (Å²) in [6, 6.07) is 11.9. The number of carbonyl (C=O) groups is 1. The van der Waals surface area contributed by atoms with Gasteiger partial charge in [-0.2, -0.15) is 0 Å². The zero-order chi connectivity index (χ0) is 14.5. The first-order chi connectivity index (χ1) is 9.60. The van der Waals surface area contributed by atoms with E-state index in [0.29, 0.717) is 5.75 Å².